The molecule has 0 aliphatic carbocycles. The van der Waals surface area contributed by atoms with Gasteiger partial charge in [0, 0.05) is 6.04 Å². The van der Waals surface area contributed by atoms with Crippen LogP contribution in [0.2, 0.25) is 0 Å². The second-order valence-electron chi connectivity index (χ2n) is 5.55. The van der Waals surface area contributed by atoms with Gasteiger partial charge in [-0.15, -0.1) is 19.0 Å². The number of hydrogen-bond donors (Lipinski definition) is 1. The van der Waals surface area contributed by atoms with Crippen LogP contribution in [0, 0.1) is 0 Å². The average molecular weight is 270 g/mol. The van der Waals surface area contributed by atoms with Crippen LogP contribution < -0.4 is 10.5 Å². The molecule has 18 heavy (non-hydrogen) atoms. The van der Waals surface area contributed by atoms with Gasteiger partial charge in [-0.05, 0) is 51.8 Å². The Kier molecular flexibility index (Phi) is 6.44. The third-order valence-corrected chi connectivity index (χ3v) is 2.30. The Bertz CT molecular complexity index is 378. The van der Waals surface area contributed by atoms with Gasteiger partial charge in [0.15, 0.2) is 0 Å². The SMILES string of the molecule is C=C(C)C[C@H](N)c1ccc(OC(C)(C)C)cc1.Cl. The van der Waals surface area contributed by atoms with E-state index in [9.17, 15) is 0 Å². The van der Waals surface area contributed by atoms with Gasteiger partial charge in [-0.1, -0.05) is 17.7 Å². The summed E-state index contributed by atoms with van der Waals surface area (Å²) < 4.78 is 5.76. The number of ether oxygens (including phenoxy) is 1. The summed E-state index contributed by atoms with van der Waals surface area (Å²) in [5, 5.41) is 0. The zero-order valence-electron chi connectivity index (χ0n) is 11.7. The predicted molar refractivity (Wildman–Crippen MR) is 80.4 cm³/mol. The molecular weight excluding hydrogens is 246 g/mol. The second-order valence-corrected chi connectivity index (χ2v) is 5.55. The molecule has 0 heterocycles. The van der Waals surface area contributed by atoms with Crippen molar-refractivity contribution in [2.45, 2.75) is 45.8 Å². The van der Waals surface area contributed by atoms with Gasteiger partial charge in [0.1, 0.15) is 11.4 Å². The molecule has 0 unspecified atom stereocenters. The van der Waals surface area contributed by atoms with E-state index >= 15 is 0 Å². The molecule has 0 aliphatic heterocycles. The van der Waals surface area contributed by atoms with Crippen molar-refractivity contribution in [1.29, 1.82) is 0 Å². The number of hydrogen-bond acceptors (Lipinski definition) is 2. The number of halogens is 1. The van der Waals surface area contributed by atoms with Crippen molar-refractivity contribution in [3.05, 3.63) is 42.0 Å². The number of nitrogens with two attached hydrogens (primary N) is 1. The molecule has 0 spiro atoms. The van der Waals surface area contributed by atoms with Crippen molar-refractivity contribution >= 4 is 12.4 Å². The van der Waals surface area contributed by atoms with E-state index in [1.807, 2.05) is 52.0 Å². The van der Waals surface area contributed by atoms with Crippen LogP contribution >= 0.6 is 12.4 Å². The van der Waals surface area contributed by atoms with Crippen LogP contribution in [0.5, 0.6) is 5.75 Å². The lowest BCUT2D eigenvalue weighted by atomic mass is 10.0. The predicted octanol–water partition coefficient (Wildman–Crippen LogP) is 4.25. The van der Waals surface area contributed by atoms with Crippen molar-refractivity contribution in [2.24, 2.45) is 5.73 Å². The molecule has 2 nitrogen and oxygen atoms in total. The Morgan fingerprint density at radius 3 is 2.17 bits per heavy atom. The summed E-state index contributed by atoms with van der Waals surface area (Å²) in [6.45, 7) is 12.0. The Hall–Kier alpha value is -0.990. The molecule has 0 fully saturated rings. The van der Waals surface area contributed by atoms with Gasteiger partial charge in [-0.25, -0.2) is 0 Å². The Morgan fingerprint density at radius 2 is 1.78 bits per heavy atom. The largest absolute Gasteiger partial charge is 0.488 e. The summed E-state index contributed by atoms with van der Waals surface area (Å²) in [7, 11) is 0. The molecule has 0 saturated carbocycles. The van der Waals surface area contributed by atoms with E-state index < -0.39 is 0 Å². The van der Waals surface area contributed by atoms with E-state index in [0.717, 1.165) is 23.3 Å². The van der Waals surface area contributed by atoms with Crippen LogP contribution in [0.1, 0.15) is 45.7 Å². The smallest absolute Gasteiger partial charge is 0.120 e. The van der Waals surface area contributed by atoms with Crippen molar-refractivity contribution in [3.63, 3.8) is 0 Å². The summed E-state index contributed by atoms with van der Waals surface area (Å²) in [5.41, 5.74) is 8.13. The highest BCUT2D eigenvalue weighted by Gasteiger charge is 2.12. The fraction of sp³-hybridized carbons (Fsp3) is 0.467. The maximum Gasteiger partial charge on any atom is 0.120 e. The molecule has 0 aromatic heterocycles. The Morgan fingerprint density at radius 1 is 1.28 bits per heavy atom. The first-order chi connectivity index (χ1) is 7.78. The highest BCUT2D eigenvalue weighted by atomic mass is 35.5. The Balaban J connectivity index is 0.00000289. The summed E-state index contributed by atoms with van der Waals surface area (Å²) in [4.78, 5) is 0. The van der Waals surface area contributed by atoms with Crippen molar-refractivity contribution in [1.82, 2.24) is 0 Å². The van der Waals surface area contributed by atoms with E-state index in [0.29, 0.717) is 0 Å². The summed E-state index contributed by atoms with van der Waals surface area (Å²) in [6.07, 6.45) is 0.819. The monoisotopic (exact) mass is 269 g/mol. The first kappa shape index (κ1) is 17.0. The van der Waals surface area contributed by atoms with Crippen molar-refractivity contribution in [2.75, 3.05) is 0 Å². The topological polar surface area (TPSA) is 35.2 Å². The maximum absolute atomic E-state index is 6.07. The van der Waals surface area contributed by atoms with Gasteiger partial charge in [0.05, 0.1) is 0 Å². The van der Waals surface area contributed by atoms with Gasteiger partial charge >= 0.3 is 0 Å². The quantitative estimate of drug-likeness (QED) is 0.830. The van der Waals surface area contributed by atoms with E-state index in [-0.39, 0.29) is 24.0 Å². The molecule has 1 atom stereocenters. The van der Waals surface area contributed by atoms with Crippen LogP contribution in [-0.2, 0) is 0 Å². The normalized spacial score (nSPS) is 12.5. The zero-order valence-corrected chi connectivity index (χ0v) is 12.5. The second kappa shape index (κ2) is 6.81. The van der Waals surface area contributed by atoms with E-state index in [1.54, 1.807) is 0 Å². The fourth-order valence-corrected chi connectivity index (χ4v) is 1.63. The lowest BCUT2D eigenvalue weighted by Gasteiger charge is -2.21. The first-order valence-corrected chi connectivity index (χ1v) is 5.97. The van der Waals surface area contributed by atoms with E-state index in [4.69, 9.17) is 10.5 Å². The summed E-state index contributed by atoms with van der Waals surface area (Å²) in [6, 6.07) is 8.01. The molecule has 0 amide bonds. The Labute approximate surface area is 117 Å². The molecule has 1 aromatic carbocycles. The number of benzene rings is 1. The molecule has 102 valence electrons. The lowest BCUT2D eigenvalue weighted by molar-refractivity contribution is 0.131. The maximum atomic E-state index is 6.07. The fourth-order valence-electron chi connectivity index (χ4n) is 1.63. The molecule has 0 radical (unpaired) electrons. The van der Waals surface area contributed by atoms with E-state index in [2.05, 4.69) is 6.58 Å². The lowest BCUT2D eigenvalue weighted by Crippen LogP contribution is -2.22. The van der Waals surface area contributed by atoms with Gasteiger partial charge in [0.25, 0.3) is 0 Å². The van der Waals surface area contributed by atoms with E-state index in [1.165, 1.54) is 0 Å². The third-order valence-electron chi connectivity index (χ3n) is 2.30. The highest BCUT2D eigenvalue weighted by molar-refractivity contribution is 5.85. The minimum atomic E-state index is -0.165. The molecule has 1 rings (SSSR count). The van der Waals surface area contributed by atoms with Crippen molar-refractivity contribution < 1.29 is 4.74 Å². The van der Waals surface area contributed by atoms with Crippen LogP contribution in [-0.4, -0.2) is 5.60 Å². The van der Waals surface area contributed by atoms with Crippen LogP contribution in [0.15, 0.2) is 36.4 Å². The minimum absolute atomic E-state index is 0. The molecule has 3 heteroatoms. The van der Waals surface area contributed by atoms with Gasteiger partial charge in [0.2, 0.25) is 0 Å². The molecule has 0 aliphatic rings. The number of rotatable bonds is 4. The molecule has 1 aromatic rings. The van der Waals surface area contributed by atoms with Crippen molar-refractivity contribution in [3.8, 4) is 5.75 Å². The molecule has 0 saturated heterocycles. The summed E-state index contributed by atoms with van der Waals surface area (Å²) in [5.74, 6) is 0.878. The first-order valence-electron chi connectivity index (χ1n) is 5.97. The van der Waals surface area contributed by atoms with Gasteiger partial charge in [-0.2, -0.15) is 0 Å². The van der Waals surface area contributed by atoms with Crippen LogP contribution in [0.3, 0.4) is 0 Å². The average Bonchev–Trinajstić information content (AvgIpc) is 2.15. The zero-order chi connectivity index (χ0) is 13.1. The summed E-state index contributed by atoms with van der Waals surface area (Å²) >= 11 is 0. The standard InChI is InChI=1S/C15H23NO.ClH/c1-11(2)10-14(16)12-6-8-13(9-7-12)17-15(3,4)5;/h6-9,14H,1,10,16H2,2-5H3;1H/t14-;/m0./s1. The third kappa shape index (κ3) is 6.08. The molecule has 2 N–H and O–H groups in total. The van der Waals surface area contributed by atoms with Gasteiger partial charge in [-0.3, -0.25) is 0 Å². The molecular formula is C15H24ClNO. The molecule has 0 bridgehead atoms. The van der Waals surface area contributed by atoms with Crippen LogP contribution in [0.25, 0.3) is 0 Å². The highest BCUT2D eigenvalue weighted by Crippen LogP contribution is 2.23. The van der Waals surface area contributed by atoms with Crippen LogP contribution in [0.4, 0.5) is 0 Å². The van der Waals surface area contributed by atoms with Gasteiger partial charge < -0.3 is 10.5 Å². The minimum Gasteiger partial charge on any atom is -0.488 e.